The molecule has 0 spiro atoms. The number of hydrogen-bond acceptors (Lipinski definition) is 5. The molecule has 27 heavy (non-hydrogen) atoms. The SMILES string of the molecule is O=C(Nc1ccc([C@H](O)Cn2cncn2)cc1)c1cn2cc(Cl)ccc2n1. The third-order valence-electron chi connectivity index (χ3n) is 4.03. The summed E-state index contributed by atoms with van der Waals surface area (Å²) >= 11 is 5.94. The van der Waals surface area contributed by atoms with Crippen LogP contribution in [0.1, 0.15) is 22.2 Å². The summed E-state index contributed by atoms with van der Waals surface area (Å²) in [4.78, 5) is 20.5. The van der Waals surface area contributed by atoms with E-state index >= 15 is 0 Å². The zero-order valence-electron chi connectivity index (χ0n) is 14.0. The molecule has 4 rings (SSSR count). The number of pyridine rings is 1. The fraction of sp³-hybridized carbons (Fsp3) is 0.111. The average Bonchev–Trinajstić information content (AvgIpc) is 3.31. The fourth-order valence-corrected chi connectivity index (χ4v) is 2.84. The van der Waals surface area contributed by atoms with Crippen LogP contribution >= 0.6 is 11.6 Å². The summed E-state index contributed by atoms with van der Waals surface area (Å²) in [7, 11) is 0. The Labute approximate surface area is 159 Å². The van der Waals surface area contributed by atoms with Crippen LogP contribution in [0.2, 0.25) is 5.02 Å². The van der Waals surface area contributed by atoms with Crippen molar-refractivity contribution in [3.05, 3.63) is 77.7 Å². The van der Waals surface area contributed by atoms with Gasteiger partial charge in [0.1, 0.15) is 24.0 Å². The molecule has 3 heterocycles. The van der Waals surface area contributed by atoms with E-state index < -0.39 is 6.10 Å². The molecule has 0 aliphatic heterocycles. The van der Waals surface area contributed by atoms with Crippen LogP contribution < -0.4 is 5.32 Å². The second-order valence-corrected chi connectivity index (χ2v) is 6.38. The third kappa shape index (κ3) is 3.81. The normalized spacial score (nSPS) is 12.2. The lowest BCUT2D eigenvalue weighted by Gasteiger charge is -2.11. The topological polar surface area (TPSA) is 97.3 Å². The molecule has 0 radical (unpaired) electrons. The van der Waals surface area contributed by atoms with E-state index in [4.69, 9.17) is 11.6 Å². The van der Waals surface area contributed by atoms with Crippen LogP contribution in [-0.4, -0.2) is 35.2 Å². The van der Waals surface area contributed by atoms with E-state index in [0.29, 0.717) is 28.5 Å². The number of aliphatic hydroxyl groups is 1. The van der Waals surface area contributed by atoms with Crippen LogP contribution in [0.5, 0.6) is 0 Å². The average molecular weight is 383 g/mol. The molecule has 136 valence electrons. The molecule has 0 aliphatic carbocycles. The van der Waals surface area contributed by atoms with Crippen molar-refractivity contribution in [3.8, 4) is 0 Å². The summed E-state index contributed by atoms with van der Waals surface area (Å²) in [6, 6.07) is 10.4. The van der Waals surface area contributed by atoms with Crippen molar-refractivity contribution in [2.24, 2.45) is 0 Å². The Bertz CT molecular complexity index is 1080. The molecule has 0 unspecified atom stereocenters. The van der Waals surface area contributed by atoms with E-state index in [0.717, 1.165) is 0 Å². The molecule has 0 bridgehead atoms. The van der Waals surface area contributed by atoms with Crippen molar-refractivity contribution in [3.63, 3.8) is 0 Å². The van der Waals surface area contributed by atoms with Crippen LogP contribution in [0.15, 0.2) is 61.4 Å². The minimum Gasteiger partial charge on any atom is -0.386 e. The second-order valence-electron chi connectivity index (χ2n) is 5.95. The van der Waals surface area contributed by atoms with Gasteiger partial charge in [-0.3, -0.25) is 9.48 Å². The van der Waals surface area contributed by atoms with Crippen molar-refractivity contribution >= 4 is 28.8 Å². The summed E-state index contributed by atoms with van der Waals surface area (Å²) in [6.07, 6.45) is 5.54. The number of fused-ring (bicyclic) bond motifs is 1. The molecule has 0 saturated heterocycles. The van der Waals surface area contributed by atoms with E-state index in [1.165, 1.54) is 6.33 Å². The van der Waals surface area contributed by atoms with Crippen LogP contribution in [-0.2, 0) is 6.54 Å². The molecular formula is C18H15ClN6O2. The number of aromatic nitrogens is 5. The molecule has 9 heteroatoms. The van der Waals surface area contributed by atoms with Gasteiger partial charge in [-0.25, -0.2) is 9.97 Å². The zero-order valence-corrected chi connectivity index (χ0v) is 14.8. The number of halogens is 1. The Hall–Kier alpha value is -3.23. The molecule has 0 fully saturated rings. The number of imidazole rings is 1. The van der Waals surface area contributed by atoms with Gasteiger partial charge < -0.3 is 14.8 Å². The number of anilines is 1. The lowest BCUT2D eigenvalue weighted by atomic mass is 10.1. The molecular weight excluding hydrogens is 368 g/mol. The van der Waals surface area contributed by atoms with Gasteiger partial charge in [-0.15, -0.1) is 0 Å². The molecule has 0 aliphatic rings. The maximum absolute atomic E-state index is 12.4. The quantitative estimate of drug-likeness (QED) is 0.553. The second kappa shape index (κ2) is 7.18. The van der Waals surface area contributed by atoms with Crippen LogP contribution in [0.25, 0.3) is 5.65 Å². The van der Waals surface area contributed by atoms with E-state index in [2.05, 4.69) is 20.4 Å². The van der Waals surface area contributed by atoms with Gasteiger partial charge in [0.2, 0.25) is 0 Å². The smallest absolute Gasteiger partial charge is 0.275 e. The molecule has 1 amide bonds. The number of aliphatic hydroxyl groups excluding tert-OH is 1. The number of amides is 1. The maximum atomic E-state index is 12.4. The van der Waals surface area contributed by atoms with Gasteiger partial charge in [-0.05, 0) is 29.8 Å². The number of carbonyl (C=O) groups excluding carboxylic acids is 1. The highest BCUT2D eigenvalue weighted by atomic mass is 35.5. The Kier molecular flexibility index (Phi) is 4.57. The van der Waals surface area contributed by atoms with Gasteiger partial charge in [-0.1, -0.05) is 23.7 Å². The number of nitrogens with zero attached hydrogens (tertiary/aromatic N) is 5. The number of benzene rings is 1. The molecule has 3 aromatic heterocycles. The van der Waals surface area contributed by atoms with Crippen LogP contribution in [0, 0.1) is 0 Å². The van der Waals surface area contributed by atoms with Crippen molar-refractivity contribution in [1.29, 1.82) is 0 Å². The van der Waals surface area contributed by atoms with Crippen molar-refractivity contribution < 1.29 is 9.90 Å². The number of hydrogen-bond donors (Lipinski definition) is 2. The van der Waals surface area contributed by atoms with Gasteiger partial charge in [0.15, 0.2) is 0 Å². The highest BCUT2D eigenvalue weighted by Crippen LogP contribution is 2.18. The summed E-state index contributed by atoms with van der Waals surface area (Å²) in [5, 5.41) is 17.6. The molecule has 8 nitrogen and oxygen atoms in total. The third-order valence-corrected chi connectivity index (χ3v) is 4.25. The Morgan fingerprint density at radius 1 is 1.19 bits per heavy atom. The van der Waals surface area contributed by atoms with Crippen molar-refractivity contribution in [1.82, 2.24) is 24.1 Å². The monoisotopic (exact) mass is 382 g/mol. The highest BCUT2D eigenvalue weighted by molar-refractivity contribution is 6.30. The molecule has 1 aromatic carbocycles. The van der Waals surface area contributed by atoms with Gasteiger partial charge >= 0.3 is 0 Å². The van der Waals surface area contributed by atoms with Crippen LogP contribution in [0.4, 0.5) is 5.69 Å². The maximum Gasteiger partial charge on any atom is 0.275 e. The number of nitrogens with one attached hydrogen (secondary N) is 1. The van der Waals surface area contributed by atoms with E-state index in [9.17, 15) is 9.90 Å². The van der Waals surface area contributed by atoms with E-state index in [-0.39, 0.29) is 11.6 Å². The molecule has 2 N–H and O–H groups in total. The van der Waals surface area contributed by atoms with Crippen molar-refractivity contribution in [2.75, 3.05) is 5.32 Å². The van der Waals surface area contributed by atoms with Gasteiger partial charge in [0.25, 0.3) is 5.91 Å². The molecule has 0 saturated carbocycles. The lowest BCUT2D eigenvalue weighted by Crippen LogP contribution is -2.13. The number of carbonyl (C=O) groups is 1. The zero-order chi connectivity index (χ0) is 18.8. The van der Waals surface area contributed by atoms with Gasteiger partial charge in [-0.2, -0.15) is 5.10 Å². The standard InChI is InChI=1S/C18H15ClN6O2/c19-13-3-6-17-23-15(8-24(17)7-13)18(27)22-14-4-1-12(2-5-14)16(26)9-25-11-20-10-21-25/h1-8,10-11,16,26H,9H2,(H,22,27)/t16-/m1/s1. The van der Waals surface area contributed by atoms with E-state index in [1.807, 2.05) is 0 Å². The first kappa shape index (κ1) is 17.2. The summed E-state index contributed by atoms with van der Waals surface area (Å²) in [5.74, 6) is -0.328. The summed E-state index contributed by atoms with van der Waals surface area (Å²) < 4.78 is 3.25. The Balaban J connectivity index is 1.44. The van der Waals surface area contributed by atoms with Gasteiger partial charge in [0.05, 0.1) is 17.7 Å². The minimum atomic E-state index is -0.723. The Morgan fingerprint density at radius 2 is 2.00 bits per heavy atom. The van der Waals surface area contributed by atoms with Crippen LogP contribution in [0.3, 0.4) is 0 Å². The highest BCUT2D eigenvalue weighted by Gasteiger charge is 2.13. The summed E-state index contributed by atoms with van der Waals surface area (Å²) in [6.45, 7) is 0.301. The lowest BCUT2D eigenvalue weighted by molar-refractivity contribution is 0.102. The molecule has 4 aromatic rings. The van der Waals surface area contributed by atoms with Crippen molar-refractivity contribution in [2.45, 2.75) is 12.6 Å². The largest absolute Gasteiger partial charge is 0.386 e. The first-order valence-electron chi connectivity index (χ1n) is 8.14. The Morgan fingerprint density at radius 3 is 2.74 bits per heavy atom. The predicted octanol–water partition coefficient (Wildman–Crippen LogP) is 2.57. The fourth-order valence-electron chi connectivity index (χ4n) is 2.67. The first-order chi connectivity index (χ1) is 13.1. The minimum absolute atomic E-state index is 0.285. The summed E-state index contributed by atoms with van der Waals surface area (Å²) in [5.41, 5.74) is 2.24. The predicted molar refractivity (Wildman–Crippen MR) is 99.6 cm³/mol. The number of rotatable bonds is 5. The van der Waals surface area contributed by atoms with E-state index in [1.54, 1.807) is 64.2 Å². The first-order valence-corrected chi connectivity index (χ1v) is 8.52. The molecule has 1 atom stereocenters. The van der Waals surface area contributed by atoms with Gasteiger partial charge in [0, 0.05) is 18.1 Å².